The Balaban J connectivity index is 2.55. The molecule has 0 N–H and O–H groups in total. The Hall–Kier alpha value is -1.21. The van der Waals surface area contributed by atoms with Gasteiger partial charge in [-0.15, -0.1) is 0 Å². The predicted octanol–water partition coefficient (Wildman–Crippen LogP) is 4.27. The minimum atomic E-state index is 1.08. The maximum atomic E-state index is 4.05. The van der Waals surface area contributed by atoms with E-state index in [4.69, 9.17) is 0 Å². The van der Waals surface area contributed by atoms with Gasteiger partial charge in [0.05, 0.1) is 0 Å². The van der Waals surface area contributed by atoms with Gasteiger partial charge < -0.3 is 0 Å². The maximum Gasteiger partial charge on any atom is 0.0197 e. The van der Waals surface area contributed by atoms with Crippen molar-refractivity contribution in [1.82, 2.24) is 0 Å². The van der Waals surface area contributed by atoms with Crippen LogP contribution in [0.3, 0.4) is 0 Å². The molecule has 0 bridgehead atoms. The van der Waals surface area contributed by atoms with E-state index in [1.54, 1.807) is 11.8 Å². The lowest BCUT2D eigenvalue weighted by Gasteiger charge is -2.10. The zero-order valence-corrected chi connectivity index (χ0v) is 8.97. The van der Waals surface area contributed by atoms with Crippen LogP contribution in [0.25, 0.3) is 5.57 Å². The first-order valence-electron chi connectivity index (χ1n) is 4.58. The summed E-state index contributed by atoms with van der Waals surface area (Å²) in [5.41, 5.74) is 2.32. The highest BCUT2D eigenvalue weighted by Gasteiger charge is 2.06. The van der Waals surface area contributed by atoms with Gasteiger partial charge >= 0.3 is 0 Å². The molecule has 0 saturated carbocycles. The van der Waals surface area contributed by atoms with Crippen LogP contribution >= 0.6 is 11.8 Å². The summed E-state index contributed by atoms with van der Waals surface area (Å²) in [6, 6.07) is 8.38. The van der Waals surface area contributed by atoms with Crippen molar-refractivity contribution in [1.29, 1.82) is 0 Å². The maximum absolute atomic E-state index is 4.05. The van der Waals surface area contributed by atoms with Crippen molar-refractivity contribution >= 4 is 17.3 Å². The number of allylic oxidation sites excluding steroid dienone is 5. The largest absolute Gasteiger partial charge is 0.0942 e. The van der Waals surface area contributed by atoms with Crippen molar-refractivity contribution in [3.05, 3.63) is 59.5 Å². The van der Waals surface area contributed by atoms with Crippen LogP contribution in [0, 0.1) is 0 Å². The molecule has 0 radical (unpaired) electrons. The van der Waals surface area contributed by atoms with E-state index < -0.39 is 0 Å². The van der Waals surface area contributed by atoms with Crippen molar-refractivity contribution in [2.45, 2.75) is 11.8 Å². The highest BCUT2D eigenvalue weighted by molar-refractivity contribution is 8.03. The van der Waals surface area contributed by atoms with Gasteiger partial charge in [-0.3, -0.25) is 0 Å². The first kappa shape index (κ1) is 9.35. The second kappa shape index (κ2) is 3.89. The topological polar surface area (TPSA) is 0 Å². The lowest BCUT2D eigenvalue weighted by atomic mass is 10.1. The van der Waals surface area contributed by atoms with E-state index in [2.05, 4.69) is 56.0 Å². The van der Waals surface area contributed by atoms with Crippen LogP contribution in [0.2, 0.25) is 0 Å². The van der Waals surface area contributed by atoms with E-state index in [9.17, 15) is 0 Å². The average Bonchev–Trinajstić information content (AvgIpc) is 2.16. The molecule has 0 atom stereocenters. The summed E-state index contributed by atoms with van der Waals surface area (Å²) in [6.07, 6.45) is 6.23. The molecular formula is C13H12S. The van der Waals surface area contributed by atoms with Gasteiger partial charge in [-0.2, -0.15) is 0 Å². The molecule has 0 fully saturated rings. The second-order valence-corrected chi connectivity index (χ2v) is 4.55. The van der Waals surface area contributed by atoms with E-state index in [1.165, 1.54) is 15.4 Å². The minimum Gasteiger partial charge on any atom is -0.0942 e. The molecule has 14 heavy (non-hydrogen) atoms. The third-order valence-corrected chi connectivity index (χ3v) is 3.17. The summed E-state index contributed by atoms with van der Waals surface area (Å²) < 4.78 is 0. The molecule has 1 aromatic rings. The van der Waals surface area contributed by atoms with Crippen molar-refractivity contribution in [3.63, 3.8) is 0 Å². The van der Waals surface area contributed by atoms with Crippen LogP contribution in [0.1, 0.15) is 12.5 Å². The predicted molar refractivity (Wildman–Crippen MR) is 64.2 cm³/mol. The quantitative estimate of drug-likeness (QED) is 0.602. The van der Waals surface area contributed by atoms with E-state index in [0.29, 0.717) is 0 Å². The average molecular weight is 200 g/mol. The Labute approximate surface area is 89.0 Å². The zero-order valence-electron chi connectivity index (χ0n) is 8.16. The fourth-order valence-electron chi connectivity index (χ4n) is 1.42. The van der Waals surface area contributed by atoms with Crippen LogP contribution in [-0.4, -0.2) is 0 Å². The number of rotatable bonds is 0. The number of benzene rings is 1. The van der Waals surface area contributed by atoms with E-state index >= 15 is 0 Å². The molecule has 1 heterocycles. The van der Waals surface area contributed by atoms with E-state index in [1.807, 2.05) is 0 Å². The number of thioether (sulfide) groups is 1. The first-order valence-corrected chi connectivity index (χ1v) is 5.40. The Bertz CT molecular complexity index is 425. The van der Waals surface area contributed by atoms with Gasteiger partial charge in [0.25, 0.3) is 0 Å². The minimum absolute atomic E-state index is 1.08. The fraction of sp³-hybridized carbons (Fsp3) is 0.0769. The number of hydrogen-bond donors (Lipinski definition) is 0. The van der Waals surface area contributed by atoms with Crippen molar-refractivity contribution in [2.75, 3.05) is 0 Å². The molecule has 0 spiro atoms. The summed E-state index contributed by atoms with van der Waals surface area (Å²) in [5.74, 6) is 0. The standard InChI is InChI=1S/C13H12S/c1-10-6-5-7-11(2)14-13-9-4-3-8-12(10)13/h3-9H,1H2,2H3/b6-5-,11-7-. The highest BCUT2D eigenvalue weighted by atomic mass is 32.2. The lowest BCUT2D eigenvalue weighted by Crippen LogP contribution is -1.86. The third kappa shape index (κ3) is 1.83. The van der Waals surface area contributed by atoms with Gasteiger partial charge in [0.2, 0.25) is 0 Å². The second-order valence-electron chi connectivity index (χ2n) is 3.26. The zero-order chi connectivity index (χ0) is 9.97. The van der Waals surface area contributed by atoms with Gasteiger partial charge in [0, 0.05) is 4.90 Å². The molecule has 0 amide bonds. The molecule has 0 unspecified atom stereocenters. The molecule has 2 rings (SSSR count). The number of fused-ring (bicyclic) bond motifs is 1. The van der Waals surface area contributed by atoms with Gasteiger partial charge in [0.1, 0.15) is 0 Å². The van der Waals surface area contributed by atoms with Crippen LogP contribution in [0.4, 0.5) is 0 Å². The Kier molecular flexibility index (Phi) is 2.60. The van der Waals surface area contributed by atoms with Crippen LogP contribution < -0.4 is 0 Å². The molecule has 1 aliphatic heterocycles. The SMILES string of the molecule is C=C1/C=C\C=C(\C)Sc2ccccc21. The summed E-state index contributed by atoms with van der Waals surface area (Å²) in [7, 11) is 0. The molecule has 70 valence electrons. The third-order valence-electron chi connectivity index (χ3n) is 2.13. The van der Waals surface area contributed by atoms with Crippen LogP contribution in [0.15, 0.2) is 58.9 Å². The van der Waals surface area contributed by atoms with Crippen LogP contribution in [0.5, 0.6) is 0 Å². The molecule has 0 saturated heterocycles. The summed E-state index contributed by atoms with van der Waals surface area (Å²) >= 11 is 1.80. The Morgan fingerprint density at radius 2 is 2.00 bits per heavy atom. The van der Waals surface area contributed by atoms with Gasteiger partial charge in [-0.1, -0.05) is 54.8 Å². The summed E-state index contributed by atoms with van der Waals surface area (Å²) in [6.45, 7) is 6.18. The molecule has 1 heteroatoms. The smallest absolute Gasteiger partial charge is 0.0197 e. The lowest BCUT2D eigenvalue weighted by molar-refractivity contribution is 1.40. The fourth-order valence-corrected chi connectivity index (χ4v) is 2.37. The highest BCUT2D eigenvalue weighted by Crippen LogP contribution is 2.34. The van der Waals surface area contributed by atoms with Crippen molar-refractivity contribution < 1.29 is 0 Å². The normalized spacial score (nSPS) is 21.5. The van der Waals surface area contributed by atoms with Gasteiger partial charge in [0.15, 0.2) is 0 Å². The van der Waals surface area contributed by atoms with Gasteiger partial charge in [-0.05, 0) is 29.0 Å². The summed E-state index contributed by atoms with van der Waals surface area (Å²) in [5, 5.41) is 0. The molecule has 0 aromatic heterocycles. The van der Waals surface area contributed by atoms with E-state index in [0.717, 1.165) is 5.57 Å². The monoisotopic (exact) mass is 200 g/mol. The first-order chi connectivity index (χ1) is 6.77. The van der Waals surface area contributed by atoms with Crippen molar-refractivity contribution in [2.24, 2.45) is 0 Å². The summed E-state index contributed by atoms with van der Waals surface area (Å²) in [4.78, 5) is 2.59. The number of hydrogen-bond acceptors (Lipinski definition) is 1. The molecular weight excluding hydrogens is 188 g/mol. The van der Waals surface area contributed by atoms with E-state index in [-0.39, 0.29) is 0 Å². The molecule has 0 nitrogen and oxygen atoms in total. The van der Waals surface area contributed by atoms with Crippen molar-refractivity contribution in [3.8, 4) is 0 Å². The Morgan fingerprint density at radius 1 is 1.21 bits per heavy atom. The molecule has 1 aromatic carbocycles. The molecule has 1 aliphatic rings. The van der Waals surface area contributed by atoms with Crippen LogP contribution in [-0.2, 0) is 0 Å². The molecule has 0 aliphatic carbocycles. The Morgan fingerprint density at radius 3 is 2.86 bits per heavy atom. The van der Waals surface area contributed by atoms with Gasteiger partial charge in [-0.25, -0.2) is 0 Å².